The average molecular weight is 246 g/mol. The lowest BCUT2D eigenvalue weighted by molar-refractivity contribution is 0.324. The van der Waals surface area contributed by atoms with Crippen molar-refractivity contribution in [2.45, 2.75) is 6.92 Å². The van der Waals surface area contributed by atoms with Gasteiger partial charge >= 0.3 is 0 Å². The topological polar surface area (TPSA) is 33.1 Å². The number of halogens is 2. The molecule has 0 radical (unpaired) electrons. The first-order valence-electron chi connectivity index (χ1n) is 3.82. The Balaban J connectivity index is 2.95. The first-order valence-corrected chi connectivity index (χ1v) is 4.61. The minimum Gasteiger partial charge on any atom is -0.478 e. The van der Waals surface area contributed by atoms with E-state index >= 15 is 0 Å². The van der Waals surface area contributed by atoms with Crippen molar-refractivity contribution in [1.82, 2.24) is 0 Å². The van der Waals surface area contributed by atoms with E-state index in [1.165, 1.54) is 12.1 Å². The average Bonchev–Trinajstić information content (AvgIpc) is 2.04. The quantitative estimate of drug-likeness (QED) is 0.631. The lowest BCUT2D eigenvalue weighted by Crippen LogP contribution is -2.06. The highest BCUT2D eigenvalue weighted by atomic mass is 79.9. The lowest BCUT2D eigenvalue weighted by atomic mass is 10.2. The van der Waals surface area contributed by atoms with Gasteiger partial charge in [0.15, 0.2) is 0 Å². The molecule has 0 amide bonds. The Hall–Kier alpha value is -0.900. The molecule has 1 N–H and O–H groups in total. The van der Waals surface area contributed by atoms with Crippen LogP contribution >= 0.6 is 15.9 Å². The SMILES string of the molecule is CCOC(=N)c1ccc(Br)cc1F. The molecule has 0 fully saturated rings. The Kier molecular flexibility index (Phi) is 3.42. The standard InChI is InChI=1S/C9H9BrFNO/c1-2-13-9(12)7-4-3-6(10)5-8(7)11/h3-5,12H,2H2,1H3. The fraction of sp³-hybridized carbons (Fsp3) is 0.222. The minimum absolute atomic E-state index is 0.132. The zero-order valence-corrected chi connectivity index (χ0v) is 8.69. The molecule has 0 spiro atoms. The van der Waals surface area contributed by atoms with Gasteiger partial charge in [-0.15, -0.1) is 0 Å². The van der Waals surface area contributed by atoms with E-state index in [1.54, 1.807) is 13.0 Å². The van der Waals surface area contributed by atoms with Crippen LogP contribution < -0.4 is 0 Å². The summed E-state index contributed by atoms with van der Waals surface area (Å²) >= 11 is 3.13. The van der Waals surface area contributed by atoms with Crippen LogP contribution in [0.4, 0.5) is 4.39 Å². The van der Waals surface area contributed by atoms with Gasteiger partial charge in [-0.2, -0.15) is 0 Å². The summed E-state index contributed by atoms with van der Waals surface area (Å²) in [5, 5.41) is 7.36. The number of ether oxygens (including phenoxy) is 1. The monoisotopic (exact) mass is 245 g/mol. The van der Waals surface area contributed by atoms with Crippen molar-refractivity contribution in [3.8, 4) is 0 Å². The Morgan fingerprint density at radius 3 is 2.85 bits per heavy atom. The molecule has 0 aromatic heterocycles. The van der Waals surface area contributed by atoms with Gasteiger partial charge in [0.05, 0.1) is 12.2 Å². The van der Waals surface area contributed by atoms with Gasteiger partial charge in [-0.3, -0.25) is 5.41 Å². The molecule has 0 unspecified atom stereocenters. The molecular weight excluding hydrogens is 237 g/mol. The molecule has 0 aliphatic rings. The van der Waals surface area contributed by atoms with Gasteiger partial charge in [0.2, 0.25) is 5.90 Å². The van der Waals surface area contributed by atoms with Crippen LogP contribution in [0.3, 0.4) is 0 Å². The molecule has 0 saturated carbocycles. The minimum atomic E-state index is -0.451. The summed E-state index contributed by atoms with van der Waals surface area (Å²) in [6.45, 7) is 2.12. The van der Waals surface area contributed by atoms with E-state index in [-0.39, 0.29) is 11.5 Å². The van der Waals surface area contributed by atoms with Crippen LogP contribution in [0.25, 0.3) is 0 Å². The normalized spacial score (nSPS) is 9.77. The molecular formula is C9H9BrFNO. The van der Waals surface area contributed by atoms with E-state index in [2.05, 4.69) is 15.9 Å². The molecule has 2 nitrogen and oxygen atoms in total. The van der Waals surface area contributed by atoms with Gasteiger partial charge < -0.3 is 4.74 Å². The Labute approximate surface area is 84.4 Å². The summed E-state index contributed by atoms with van der Waals surface area (Å²) in [6.07, 6.45) is 0. The van der Waals surface area contributed by atoms with Crippen molar-refractivity contribution in [3.05, 3.63) is 34.1 Å². The van der Waals surface area contributed by atoms with E-state index < -0.39 is 5.82 Å². The van der Waals surface area contributed by atoms with Crippen LogP contribution in [0.2, 0.25) is 0 Å². The van der Waals surface area contributed by atoms with Crippen molar-refractivity contribution >= 4 is 21.8 Å². The molecule has 1 aromatic rings. The highest BCUT2D eigenvalue weighted by molar-refractivity contribution is 9.10. The number of benzene rings is 1. The zero-order valence-electron chi connectivity index (χ0n) is 7.10. The van der Waals surface area contributed by atoms with E-state index in [4.69, 9.17) is 10.1 Å². The predicted molar refractivity (Wildman–Crippen MR) is 52.6 cm³/mol. The van der Waals surface area contributed by atoms with Crippen molar-refractivity contribution in [1.29, 1.82) is 5.41 Å². The summed E-state index contributed by atoms with van der Waals surface area (Å²) < 4.78 is 18.7. The molecule has 0 aliphatic heterocycles. The van der Waals surface area contributed by atoms with Gasteiger partial charge in [-0.05, 0) is 25.1 Å². The highest BCUT2D eigenvalue weighted by Gasteiger charge is 2.08. The van der Waals surface area contributed by atoms with Gasteiger partial charge in [0.25, 0.3) is 0 Å². The number of hydrogen-bond donors (Lipinski definition) is 1. The molecule has 0 atom stereocenters. The molecule has 0 aliphatic carbocycles. The predicted octanol–water partition coefficient (Wildman–Crippen LogP) is 2.95. The second-order valence-corrected chi connectivity index (χ2v) is 3.30. The fourth-order valence-electron chi connectivity index (χ4n) is 0.896. The maximum Gasteiger partial charge on any atom is 0.216 e. The van der Waals surface area contributed by atoms with Crippen molar-refractivity contribution in [3.63, 3.8) is 0 Å². The second-order valence-electron chi connectivity index (χ2n) is 2.39. The Morgan fingerprint density at radius 1 is 1.62 bits per heavy atom. The molecule has 13 heavy (non-hydrogen) atoms. The molecule has 1 aromatic carbocycles. The van der Waals surface area contributed by atoms with Gasteiger partial charge in [0.1, 0.15) is 5.82 Å². The van der Waals surface area contributed by atoms with Crippen LogP contribution in [-0.2, 0) is 4.74 Å². The van der Waals surface area contributed by atoms with E-state index in [0.29, 0.717) is 11.1 Å². The second kappa shape index (κ2) is 4.37. The summed E-state index contributed by atoms with van der Waals surface area (Å²) in [4.78, 5) is 0. The maximum atomic E-state index is 13.2. The van der Waals surface area contributed by atoms with E-state index in [1.807, 2.05) is 0 Å². The number of hydrogen-bond acceptors (Lipinski definition) is 2. The van der Waals surface area contributed by atoms with Crippen LogP contribution in [0.1, 0.15) is 12.5 Å². The number of rotatable bonds is 2. The zero-order chi connectivity index (χ0) is 9.84. The molecule has 1 rings (SSSR count). The van der Waals surface area contributed by atoms with Crippen LogP contribution in [-0.4, -0.2) is 12.5 Å². The van der Waals surface area contributed by atoms with Crippen LogP contribution in [0.5, 0.6) is 0 Å². The number of nitrogens with one attached hydrogen (secondary N) is 1. The molecule has 70 valence electrons. The van der Waals surface area contributed by atoms with Crippen molar-refractivity contribution in [2.24, 2.45) is 0 Å². The third-order valence-electron chi connectivity index (χ3n) is 1.46. The Bertz CT molecular complexity index is 327. The summed E-state index contributed by atoms with van der Waals surface area (Å²) in [6, 6.07) is 4.49. The summed E-state index contributed by atoms with van der Waals surface area (Å²) in [5.41, 5.74) is 0.185. The highest BCUT2D eigenvalue weighted by Crippen LogP contribution is 2.15. The van der Waals surface area contributed by atoms with E-state index in [9.17, 15) is 4.39 Å². The van der Waals surface area contributed by atoms with Gasteiger partial charge in [-0.1, -0.05) is 15.9 Å². The van der Waals surface area contributed by atoms with Gasteiger partial charge in [-0.25, -0.2) is 4.39 Å². The summed E-state index contributed by atoms with van der Waals surface area (Å²) in [7, 11) is 0. The van der Waals surface area contributed by atoms with Crippen LogP contribution in [0, 0.1) is 11.2 Å². The van der Waals surface area contributed by atoms with Crippen LogP contribution in [0.15, 0.2) is 22.7 Å². The first kappa shape index (κ1) is 10.2. The first-order chi connectivity index (χ1) is 6.15. The molecule has 0 heterocycles. The third kappa shape index (κ3) is 2.52. The lowest BCUT2D eigenvalue weighted by Gasteiger charge is -2.05. The molecule has 4 heteroatoms. The molecule has 0 saturated heterocycles. The Morgan fingerprint density at radius 2 is 2.31 bits per heavy atom. The van der Waals surface area contributed by atoms with Crippen molar-refractivity contribution < 1.29 is 9.13 Å². The third-order valence-corrected chi connectivity index (χ3v) is 1.96. The maximum absolute atomic E-state index is 13.2. The summed E-state index contributed by atoms with van der Waals surface area (Å²) in [5.74, 6) is -0.583. The van der Waals surface area contributed by atoms with Crippen molar-refractivity contribution in [2.75, 3.05) is 6.61 Å². The smallest absolute Gasteiger partial charge is 0.216 e. The fourth-order valence-corrected chi connectivity index (χ4v) is 1.23. The molecule has 0 bridgehead atoms. The van der Waals surface area contributed by atoms with Gasteiger partial charge in [0, 0.05) is 4.47 Å². The largest absolute Gasteiger partial charge is 0.478 e. The van der Waals surface area contributed by atoms with E-state index in [0.717, 1.165) is 0 Å².